The zero-order chi connectivity index (χ0) is 13.3. The molecule has 6 heteroatoms. The van der Waals surface area contributed by atoms with Gasteiger partial charge in [-0.15, -0.1) is 0 Å². The summed E-state index contributed by atoms with van der Waals surface area (Å²) in [6.07, 6.45) is 0. The molecule has 2 aromatic rings. The first kappa shape index (κ1) is 12.8. The Bertz CT molecular complexity index is 631. The quantitative estimate of drug-likeness (QED) is 0.852. The summed E-state index contributed by atoms with van der Waals surface area (Å²) in [7, 11) is 0. The third-order valence-corrected chi connectivity index (χ3v) is 3.09. The second-order valence-electron chi connectivity index (χ2n) is 3.47. The van der Waals surface area contributed by atoms with Crippen molar-refractivity contribution in [2.75, 3.05) is 0 Å². The third-order valence-electron chi connectivity index (χ3n) is 2.27. The molecular weight excluding hydrogens is 280 g/mol. The number of halogens is 3. The van der Waals surface area contributed by atoms with E-state index in [1.807, 2.05) is 0 Å². The van der Waals surface area contributed by atoms with Crippen LogP contribution in [0, 0.1) is 5.95 Å². The van der Waals surface area contributed by atoms with Gasteiger partial charge in [-0.05, 0) is 12.1 Å². The number of rotatable bonds is 2. The number of pyridine rings is 1. The van der Waals surface area contributed by atoms with E-state index >= 15 is 0 Å². The monoisotopic (exact) mass is 285 g/mol. The number of carboxylic acids is 1. The van der Waals surface area contributed by atoms with Crippen molar-refractivity contribution in [2.24, 2.45) is 0 Å². The fourth-order valence-corrected chi connectivity index (χ4v) is 1.86. The van der Waals surface area contributed by atoms with Crippen molar-refractivity contribution >= 4 is 29.2 Å². The highest BCUT2D eigenvalue weighted by atomic mass is 35.5. The summed E-state index contributed by atoms with van der Waals surface area (Å²) in [6.45, 7) is 0. The summed E-state index contributed by atoms with van der Waals surface area (Å²) < 4.78 is 13.3. The molecule has 0 saturated carbocycles. The lowest BCUT2D eigenvalue weighted by molar-refractivity contribution is 0.0696. The van der Waals surface area contributed by atoms with Gasteiger partial charge in [0.25, 0.3) is 0 Å². The second-order valence-corrected chi connectivity index (χ2v) is 4.26. The van der Waals surface area contributed by atoms with E-state index in [1.165, 1.54) is 6.07 Å². The summed E-state index contributed by atoms with van der Waals surface area (Å²) in [5.74, 6) is -2.13. The fourth-order valence-electron chi connectivity index (χ4n) is 1.46. The van der Waals surface area contributed by atoms with Gasteiger partial charge < -0.3 is 5.11 Å². The number of hydrogen-bond donors (Lipinski definition) is 1. The molecule has 0 fully saturated rings. The van der Waals surface area contributed by atoms with Crippen molar-refractivity contribution in [1.29, 1.82) is 0 Å². The van der Waals surface area contributed by atoms with Crippen molar-refractivity contribution in [1.82, 2.24) is 4.98 Å². The van der Waals surface area contributed by atoms with Gasteiger partial charge in [0.15, 0.2) is 0 Å². The highest BCUT2D eigenvalue weighted by Crippen LogP contribution is 2.32. The van der Waals surface area contributed by atoms with Crippen LogP contribution >= 0.6 is 23.2 Å². The summed E-state index contributed by atoms with van der Waals surface area (Å²) in [5, 5.41) is 9.34. The van der Waals surface area contributed by atoms with Crippen molar-refractivity contribution < 1.29 is 14.3 Å². The molecule has 0 bridgehead atoms. The lowest BCUT2D eigenvalue weighted by Gasteiger charge is -2.06. The molecule has 0 spiro atoms. The van der Waals surface area contributed by atoms with Crippen LogP contribution in [0.25, 0.3) is 11.3 Å². The maximum absolute atomic E-state index is 13.3. The number of benzene rings is 1. The van der Waals surface area contributed by atoms with Crippen LogP contribution in [0.1, 0.15) is 10.4 Å². The van der Waals surface area contributed by atoms with Gasteiger partial charge in [-0.2, -0.15) is 4.39 Å². The predicted octanol–water partition coefficient (Wildman–Crippen LogP) is 3.89. The van der Waals surface area contributed by atoms with Crippen LogP contribution in [0.5, 0.6) is 0 Å². The molecule has 2 rings (SSSR count). The molecule has 0 saturated heterocycles. The van der Waals surface area contributed by atoms with E-state index in [9.17, 15) is 9.18 Å². The van der Waals surface area contributed by atoms with E-state index in [2.05, 4.69) is 4.98 Å². The van der Waals surface area contributed by atoms with Crippen LogP contribution in [-0.2, 0) is 0 Å². The topological polar surface area (TPSA) is 50.2 Å². The Balaban J connectivity index is 2.64. The maximum atomic E-state index is 13.3. The van der Waals surface area contributed by atoms with Crippen LogP contribution in [0.4, 0.5) is 4.39 Å². The molecule has 0 aliphatic carbocycles. The first-order valence-corrected chi connectivity index (χ1v) is 5.60. The highest BCUT2D eigenvalue weighted by Gasteiger charge is 2.13. The van der Waals surface area contributed by atoms with E-state index < -0.39 is 11.9 Å². The summed E-state index contributed by atoms with van der Waals surface area (Å²) in [6, 6.07) is 6.86. The average Bonchev–Trinajstić information content (AvgIpc) is 2.31. The van der Waals surface area contributed by atoms with Gasteiger partial charge in [0.2, 0.25) is 5.95 Å². The van der Waals surface area contributed by atoms with E-state index in [-0.39, 0.29) is 21.3 Å². The van der Waals surface area contributed by atoms with Crippen LogP contribution in [-0.4, -0.2) is 16.1 Å². The standard InChI is InChI=1S/C12H6Cl2FNO2/c13-8-3-1-2-7(11(8)14)9-4-6(12(17)18)5-10(15)16-9/h1-5H,(H,17,18). The van der Waals surface area contributed by atoms with Gasteiger partial charge >= 0.3 is 5.97 Å². The number of aromatic nitrogens is 1. The van der Waals surface area contributed by atoms with Gasteiger partial charge in [0, 0.05) is 11.6 Å². The SMILES string of the molecule is O=C(O)c1cc(F)nc(-c2cccc(Cl)c2Cl)c1. The molecule has 0 aliphatic heterocycles. The molecule has 92 valence electrons. The second kappa shape index (κ2) is 4.92. The lowest BCUT2D eigenvalue weighted by Crippen LogP contribution is -2.00. The van der Waals surface area contributed by atoms with Gasteiger partial charge in [-0.1, -0.05) is 35.3 Å². The fraction of sp³-hybridized carbons (Fsp3) is 0. The molecule has 0 aliphatic rings. The van der Waals surface area contributed by atoms with Crippen molar-refractivity contribution in [3.05, 3.63) is 51.9 Å². The molecule has 1 N–H and O–H groups in total. The van der Waals surface area contributed by atoms with Gasteiger partial charge in [0.1, 0.15) is 0 Å². The van der Waals surface area contributed by atoms with E-state index in [0.717, 1.165) is 6.07 Å². The maximum Gasteiger partial charge on any atom is 0.335 e. The summed E-state index contributed by atoms with van der Waals surface area (Å²) in [5.41, 5.74) is 0.305. The molecule has 18 heavy (non-hydrogen) atoms. The Morgan fingerprint density at radius 3 is 2.67 bits per heavy atom. The lowest BCUT2D eigenvalue weighted by atomic mass is 10.1. The number of aromatic carboxylic acids is 1. The summed E-state index contributed by atoms with van der Waals surface area (Å²) >= 11 is 11.8. The van der Waals surface area contributed by atoms with Crippen LogP contribution in [0.3, 0.4) is 0 Å². The smallest absolute Gasteiger partial charge is 0.335 e. The van der Waals surface area contributed by atoms with Gasteiger partial charge in [-0.3, -0.25) is 0 Å². The molecule has 1 aromatic carbocycles. The van der Waals surface area contributed by atoms with Gasteiger partial charge in [-0.25, -0.2) is 9.78 Å². The Hall–Kier alpha value is -1.65. The van der Waals surface area contributed by atoms with Crippen molar-refractivity contribution in [3.63, 3.8) is 0 Å². The minimum atomic E-state index is -1.24. The molecule has 0 unspecified atom stereocenters. The van der Waals surface area contributed by atoms with Crippen LogP contribution in [0.2, 0.25) is 10.0 Å². The number of carboxylic acid groups (broad SMARTS) is 1. The average molecular weight is 286 g/mol. The number of carbonyl (C=O) groups is 1. The van der Waals surface area contributed by atoms with E-state index in [1.54, 1.807) is 18.2 Å². The minimum absolute atomic E-state index is 0.125. The molecule has 1 aromatic heterocycles. The summed E-state index contributed by atoms with van der Waals surface area (Å²) in [4.78, 5) is 14.5. The van der Waals surface area contributed by atoms with Gasteiger partial charge in [0.05, 0.1) is 21.3 Å². The molecule has 0 radical (unpaired) electrons. The van der Waals surface area contributed by atoms with E-state index in [0.29, 0.717) is 5.56 Å². The predicted molar refractivity (Wildman–Crippen MR) is 66.6 cm³/mol. The number of nitrogens with zero attached hydrogens (tertiary/aromatic N) is 1. The highest BCUT2D eigenvalue weighted by molar-refractivity contribution is 6.43. The molecule has 3 nitrogen and oxygen atoms in total. The zero-order valence-corrected chi connectivity index (χ0v) is 10.3. The van der Waals surface area contributed by atoms with Crippen LogP contribution in [0.15, 0.2) is 30.3 Å². The molecule has 0 amide bonds. The Morgan fingerprint density at radius 1 is 1.28 bits per heavy atom. The molecule has 1 heterocycles. The van der Waals surface area contributed by atoms with Crippen molar-refractivity contribution in [3.8, 4) is 11.3 Å². The number of hydrogen-bond acceptors (Lipinski definition) is 2. The van der Waals surface area contributed by atoms with Crippen molar-refractivity contribution in [2.45, 2.75) is 0 Å². The normalized spacial score (nSPS) is 10.4. The minimum Gasteiger partial charge on any atom is -0.478 e. The van der Waals surface area contributed by atoms with E-state index in [4.69, 9.17) is 28.3 Å². The third kappa shape index (κ3) is 2.44. The Kier molecular flexibility index (Phi) is 3.50. The Labute approximate surface area is 112 Å². The largest absolute Gasteiger partial charge is 0.478 e. The zero-order valence-electron chi connectivity index (χ0n) is 8.82. The molecule has 0 atom stereocenters. The first-order valence-electron chi connectivity index (χ1n) is 4.84. The molecular formula is C12H6Cl2FNO2. The Morgan fingerprint density at radius 2 is 2.00 bits per heavy atom. The van der Waals surface area contributed by atoms with Crippen LogP contribution < -0.4 is 0 Å². The first-order chi connectivity index (χ1) is 8.49.